The molecule has 2 rings (SSSR count). The Morgan fingerprint density at radius 1 is 1.35 bits per heavy atom. The van der Waals surface area contributed by atoms with E-state index < -0.39 is 6.09 Å². The molecule has 1 fully saturated rings. The van der Waals surface area contributed by atoms with Gasteiger partial charge in [-0.15, -0.1) is 0 Å². The van der Waals surface area contributed by atoms with Crippen LogP contribution in [0.2, 0.25) is 0 Å². The second-order valence-corrected chi connectivity index (χ2v) is 5.27. The first-order valence-electron chi connectivity index (χ1n) is 6.87. The van der Waals surface area contributed by atoms with Crippen molar-refractivity contribution in [3.05, 3.63) is 35.4 Å². The maximum Gasteiger partial charge on any atom is 0.407 e. The zero-order valence-electron chi connectivity index (χ0n) is 11.6. The van der Waals surface area contributed by atoms with Crippen LogP contribution in [0.25, 0.3) is 0 Å². The number of amides is 2. The van der Waals surface area contributed by atoms with Crippen molar-refractivity contribution in [2.24, 2.45) is 5.92 Å². The number of likely N-dealkylation sites (tertiary alicyclic amines) is 1. The third kappa shape index (κ3) is 3.73. The molecule has 0 saturated carbocycles. The van der Waals surface area contributed by atoms with Gasteiger partial charge < -0.3 is 15.3 Å². The Kier molecular flexibility index (Phi) is 4.61. The van der Waals surface area contributed by atoms with Gasteiger partial charge in [0, 0.05) is 19.6 Å². The average molecular weight is 276 g/mol. The lowest BCUT2D eigenvalue weighted by Gasteiger charge is -2.29. The molecule has 5 nitrogen and oxygen atoms in total. The smallest absolute Gasteiger partial charge is 0.407 e. The molecule has 20 heavy (non-hydrogen) atoms. The lowest BCUT2D eigenvalue weighted by Crippen LogP contribution is -2.44. The van der Waals surface area contributed by atoms with E-state index in [2.05, 4.69) is 5.32 Å². The molecular formula is C15H20N2O3. The summed E-state index contributed by atoms with van der Waals surface area (Å²) < 4.78 is 0. The first-order valence-corrected chi connectivity index (χ1v) is 6.87. The number of carbonyl (C=O) groups excluding carboxylic acids is 1. The van der Waals surface area contributed by atoms with Gasteiger partial charge >= 0.3 is 6.09 Å². The van der Waals surface area contributed by atoms with Crippen molar-refractivity contribution < 1.29 is 14.7 Å². The van der Waals surface area contributed by atoms with E-state index in [0.29, 0.717) is 19.6 Å². The summed E-state index contributed by atoms with van der Waals surface area (Å²) >= 11 is 0. The Bertz CT molecular complexity index is 484. The molecule has 1 aliphatic heterocycles. The molecule has 1 heterocycles. The van der Waals surface area contributed by atoms with E-state index in [-0.39, 0.29) is 11.8 Å². The van der Waals surface area contributed by atoms with E-state index in [4.69, 9.17) is 5.11 Å². The minimum absolute atomic E-state index is 0.0588. The van der Waals surface area contributed by atoms with Crippen LogP contribution in [0.4, 0.5) is 4.79 Å². The molecule has 0 aliphatic carbocycles. The van der Waals surface area contributed by atoms with Crippen LogP contribution in [0.1, 0.15) is 24.0 Å². The Labute approximate surface area is 118 Å². The number of carbonyl (C=O) groups is 2. The molecule has 1 aromatic rings. The molecule has 0 radical (unpaired) electrons. The van der Waals surface area contributed by atoms with Gasteiger partial charge in [-0.2, -0.15) is 0 Å². The predicted molar refractivity (Wildman–Crippen MR) is 75.3 cm³/mol. The highest BCUT2D eigenvalue weighted by molar-refractivity contribution is 5.79. The van der Waals surface area contributed by atoms with Crippen molar-refractivity contribution >= 4 is 12.0 Å². The van der Waals surface area contributed by atoms with Gasteiger partial charge in [0.2, 0.25) is 5.91 Å². The summed E-state index contributed by atoms with van der Waals surface area (Å²) in [6.07, 6.45) is 0.555. The fraction of sp³-hybridized carbons (Fsp3) is 0.467. The number of hydrogen-bond acceptors (Lipinski definition) is 2. The summed E-state index contributed by atoms with van der Waals surface area (Å²) in [5.41, 5.74) is 2.24. The minimum atomic E-state index is -0.943. The number of nitrogens with zero attached hydrogens (tertiary/aromatic N) is 1. The van der Waals surface area contributed by atoms with Crippen LogP contribution in [0.3, 0.4) is 0 Å². The van der Waals surface area contributed by atoms with Crippen molar-refractivity contribution in [2.75, 3.05) is 13.1 Å². The van der Waals surface area contributed by atoms with Gasteiger partial charge in [0.05, 0.1) is 5.92 Å². The molecule has 0 spiro atoms. The molecule has 1 aromatic carbocycles. The van der Waals surface area contributed by atoms with Crippen LogP contribution < -0.4 is 5.32 Å². The fourth-order valence-corrected chi connectivity index (χ4v) is 2.40. The number of carboxylic acid groups (broad SMARTS) is 1. The summed E-state index contributed by atoms with van der Waals surface area (Å²) in [6.45, 7) is 3.33. The normalized spacial score (nSPS) is 18.6. The number of benzene rings is 1. The van der Waals surface area contributed by atoms with Crippen LogP contribution in [-0.4, -0.2) is 35.1 Å². The van der Waals surface area contributed by atoms with E-state index >= 15 is 0 Å². The quantitative estimate of drug-likeness (QED) is 0.887. The Hall–Kier alpha value is -2.04. The standard InChI is InChI=1S/C15H20N2O3/c1-11-4-6-12(7-5-11)9-16-14(18)13-3-2-8-17(10-13)15(19)20/h4-7,13H,2-3,8-10H2,1H3,(H,16,18)(H,19,20). The van der Waals surface area contributed by atoms with E-state index in [1.165, 1.54) is 10.5 Å². The summed E-state index contributed by atoms with van der Waals surface area (Å²) in [5.74, 6) is -0.290. The third-order valence-corrected chi connectivity index (χ3v) is 3.65. The molecule has 1 aliphatic rings. The Morgan fingerprint density at radius 2 is 2.05 bits per heavy atom. The first-order chi connectivity index (χ1) is 9.56. The molecule has 1 atom stereocenters. The van der Waals surface area contributed by atoms with Gasteiger partial charge in [-0.1, -0.05) is 29.8 Å². The van der Waals surface area contributed by atoms with E-state index in [1.807, 2.05) is 31.2 Å². The summed E-state index contributed by atoms with van der Waals surface area (Å²) in [7, 11) is 0. The second kappa shape index (κ2) is 6.41. The molecule has 108 valence electrons. The predicted octanol–water partition coefficient (Wildman–Crippen LogP) is 2.00. The van der Waals surface area contributed by atoms with Gasteiger partial charge in [-0.3, -0.25) is 4.79 Å². The van der Waals surface area contributed by atoms with Crippen molar-refractivity contribution in [2.45, 2.75) is 26.3 Å². The first kappa shape index (κ1) is 14.4. The molecular weight excluding hydrogens is 256 g/mol. The molecule has 5 heteroatoms. The monoisotopic (exact) mass is 276 g/mol. The van der Waals surface area contributed by atoms with Gasteiger partial charge in [0.1, 0.15) is 0 Å². The zero-order chi connectivity index (χ0) is 14.5. The number of nitrogens with one attached hydrogen (secondary N) is 1. The average Bonchev–Trinajstić information content (AvgIpc) is 2.46. The van der Waals surface area contributed by atoms with Crippen molar-refractivity contribution in [1.82, 2.24) is 10.2 Å². The van der Waals surface area contributed by atoms with Gasteiger partial charge in [-0.25, -0.2) is 4.79 Å². The number of piperidine rings is 1. The highest BCUT2D eigenvalue weighted by Crippen LogP contribution is 2.16. The number of hydrogen-bond donors (Lipinski definition) is 2. The highest BCUT2D eigenvalue weighted by atomic mass is 16.4. The topological polar surface area (TPSA) is 69.6 Å². The Morgan fingerprint density at radius 3 is 2.70 bits per heavy atom. The fourth-order valence-electron chi connectivity index (χ4n) is 2.40. The van der Waals surface area contributed by atoms with Crippen LogP contribution in [0.15, 0.2) is 24.3 Å². The van der Waals surface area contributed by atoms with E-state index in [9.17, 15) is 9.59 Å². The summed E-state index contributed by atoms with van der Waals surface area (Å²) in [5, 5.41) is 11.9. The van der Waals surface area contributed by atoms with Crippen molar-refractivity contribution in [3.63, 3.8) is 0 Å². The molecule has 0 aromatic heterocycles. The zero-order valence-corrected chi connectivity index (χ0v) is 11.6. The SMILES string of the molecule is Cc1ccc(CNC(=O)C2CCCN(C(=O)O)C2)cc1. The maximum atomic E-state index is 12.1. The Balaban J connectivity index is 1.85. The highest BCUT2D eigenvalue weighted by Gasteiger charge is 2.27. The third-order valence-electron chi connectivity index (χ3n) is 3.65. The van der Waals surface area contributed by atoms with Gasteiger partial charge in [-0.05, 0) is 25.3 Å². The van der Waals surface area contributed by atoms with Crippen LogP contribution in [0, 0.1) is 12.8 Å². The van der Waals surface area contributed by atoms with Crippen molar-refractivity contribution in [3.8, 4) is 0 Å². The minimum Gasteiger partial charge on any atom is -0.465 e. The number of rotatable bonds is 3. The number of aryl methyl sites for hydroxylation is 1. The molecule has 1 saturated heterocycles. The van der Waals surface area contributed by atoms with Crippen molar-refractivity contribution in [1.29, 1.82) is 0 Å². The van der Waals surface area contributed by atoms with Crippen LogP contribution in [-0.2, 0) is 11.3 Å². The molecule has 2 N–H and O–H groups in total. The molecule has 2 amide bonds. The van der Waals surface area contributed by atoms with Crippen LogP contribution in [0.5, 0.6) is 0 Å². The molecule has 0 bridgehead atoms. The van der Waals surface area contributed by atoms with Gasteiger partial charge in [0.25, 0.3) is 0 Å². The van der Waals surface area contributed by atoms with E-state index in [1.54, 1.807) is 0 Å². The van der Waals surface area contributed by atoms with Gasteiger partial charge in [0.15, 0.2) is 0 Å². The second-order valence-electron chi connectivity index (χ2n) is 5.27. The van der Waals surface area contributed by atoms with E-state index in [0.717, 1.165) is 18.4 Å². The van der Waals surface area contributed by atoms with Crippen LogP contribution >= 0.6 is 0 Å². The molecule has 1 unspecified atom stereocenters. The maximum absolute atomic E-state index is 12.1. The lowest BCUT2D eigenvalue weighted by atomic mass is 9.97. The summed E-state index contributed by atoms with van der Waals surface area (Å²) in [4.78, 5) is 24.3. The largest absolute Gasteiger partial charge is 0.465 e. The lowest BCUT2D eigenvalue weighted by molar-refractivity contribution is -0.126. The summed E-state index contributed by atoms with van der Waals surface area (Å²) in [6, 6.07) is 7.99.